The van der Waals surface area contributed by atoms with Crippen molar-refractivity contribution in [1.29, 1.82) is 0 Å². The fourth-order valence-corrected chi connectivity index (χ4v) is 5.77. The smallest absolute Gasteiger partial charge is 0.257 e. The average Bonchev–Trinajstić information content (AvgIpc) is 3.61. The van der Waals surface area contributed by atoms with Crippen molar-refractivity contribution in [3.8, 4) is 0 Å². The van der Waals surface area contributed by atoms with Crippen LogP contribution in [0.3, 0.4) is 0 Å². The molecule has 0 radical (unpaired) electrons. The Morgan fingerprint density at radius 2 is 1.68 bits per heavy atom. The molecule has 3 atom stereocenters. The zero-order valence-electron chi connectivity index (χ0n) is 21.6. The van der Waals surface area contributed by atoms with Crippen LogP contribution in [0.5, 0.6) is 0 Å². The molecule has 0 saturated carbocycles. The van der Waals surface area contributed by atoms with Crippen molar-refractivity contribution in [2.75, 3.05) is 20.1 Å². The molecule has 37 heavy (non-hydrogen) atoms. The molecule has 0 spiro atoms. The molecule has 2 saturated heterocycles. The maximum atomic E-state index is 13.4. The van der Waals surface area contributed by atoms with E-state index in [9.17, 15) is 9.59 Å². The van der Waals surface area contributed by atoms with Crippen LogP contribution in [0.1, 0.15) is 52.5 Å². The van der Waals surface area contributed by atoms with Gasteiger partial charge in [-0.15, -0.1) is 0 Å². The SMILES string of the molecule is Cc1occc1C(=O)N(C)C(Cc1ccccc1)C1CCN(C(=O)C2CC(c3ccccc3)NN2)CC1. The Hall–Kier alpha value is -3.42. The zero-order chi connectivity index (χ0) is 25.8. The Morgan fingerprint density at radius 1 is 1.00 bits per heavy atom. The summed E-state index contributed by atoms with van der Waals surface area (Å²) in [5.41, 5.74) is 9.52. The van der Waals surface area contributed by atoms with Gasteiger partial charge in [-0.2, -0.15) is 0 Å². The Bertz CT molecular complexity index is 1190. The van der Waals surface area contributed by atoms with E-state index in [1.807, 2.05) is 60.2 Å². The van der Waals surface area contributed by atoms with Gasteiger partial charge in [-0.05, 0) is 55.7 Å². The number of aryl methyl sites for hydroxylation is 1. The summed E-state index contributed by atoms with van der Waals surface area (Å²) in [7, 11) is 1.90. The van der Waals surface area contributed by atoms with Crippen molar-refractivity contribution >= 4 is 11.8 Å². The van der Waals surface area contributed by atoms with E-state index in [1.165, 1.54) is 11.1 Å². The molecule has 2 amide bonds. The van der Waals surface area contributed by atoms with E-state index in [1.54, 1.807) is 12.3 Å². The Kier molecular flexibility index (Phi) is 7.72. The molecule has 7 nitrogen and oxygen atoms in total. The molecule has 3 unspecified atom stereocenters. The van der Waals surface area contributed by atoms with E-state index in [0.29, 0.717) is 30.3 Å². The number of rotatable bonds is 7. The van der Waals surface area contributed by atoms with Crippen molar-refractivity contribution in [3.05, 3.63) is 95.4 Å². The van der Waals surface area contributed by atoms with Crippen LogP contribution in [0.2, 0.25) is 0 Å². The molecular formula is C30H36N4O3. The van der Waals surface area contributed by atoms with E-state index in [-0.39, 0.29) is 29.9 Å². The highest BCUT2D eigenvalue weighted by molar-refractivity contribution is 5.95. The number of nitrogens with one attached hydrogen (secondary N) is 2. The molecule has 5 rings (SSSR count). The monoisotopic (exact) mass is 500 g/mol. The molecule has 2 N–H and O–H groups in total. The van der Waals surface area contributed by atoms with Gasteiger partial charge in [-0.3, -0.25) is 9.59 Å². The third kappa shape index (κ3) is 5.63. The summed E-state index contributed by atoms with van der Waals surface area (Å²) in [4.78, 5) is 30.6. The van der Waals surface area contributed by atoms with Crippen LogP contribution < -0.4 is 10.9 Å². The van der Waals surface area contributed by atoms with Crippen LogP contribution in [0.4, 0.5) is 0 Å². The molecule has 1 aromatic heterocycles. The maximum Gasteiger partial charge on any atom is 0.257 e. The fourth-order valence-electron chi connectivity index (χ4n) is 5.77. The van der Waals surface area contributed by atoms with Gasteiger partial charge in [0.2, 0.25) is 5.91 Å². The van der Waals surface area contributed by atoms with Crippen LogP contribution in [0.15, 0.2) is 77.4 Å². The minimum absolute atomic E-state index is 0.0149. The first kappa shape index (κ1) is 25.2. The minimum atomic E-state index is -0.227. The summed E-state index contributed by atoms with van der Waals surface area (Å²) >= 11 is 0. The average molecular weight is 501 g/mol. The highest BCUT2D eigenvalue weighted by Gasteiger charge is 2.37. The predicted molar refractivity (Wildman–Crippen MR) is 143 cm³/mol. The summed E-state index contributed by atoms with van der Waals surface area (Å²) in [6, 6.07) is 22.3. The normalized spacial score (nSPS) is 21.1. The molecule has 0 aliphatic carbocycles. The zero-order valence-corrected chi connectivity index (χ0v) is 21.6. The van der Waals surface area contributed by atoms with Gasteiger partial charge in [0.15, 0.2) is 0 Å². The lowest BCUT2D eigenvalue weighted by atomic mass is 9.84. The highest BCUT2D eigenvalue weighted by atomic mass is 16.3. The summed E-state index contributed by atoms with van der Waals surface area (Å²) < 4.78 is 5.40. The number of likely N-dealkylation sites (N-methyl/N-ethyl adjacent to an activating group) is 1. The lowest BCUT2D eigenvalue weighted by molar-refractivity contribution is -0.134. The molecule has 3 aromatic rings. The second-order valence-corrected chi connectivity index (χ2v) is 10.3. The van der Waals surface area contributed by atoms with Crippen LogP contribution in [-0.4, -0.2) is 53.8 Å². The van der Waals surface area contributed by atoms with Gasteiger partial charge in [-0.1, -0.05) is 60.7 Å². The maximum absolute atomic E-state index is 13.4. The van der Waals surface area contributed by atoms with Crippen LogP contribution in [0.25, 0.3) is 0 Å². The van der Waals surface area contributed by atoms with Crippen LogP contribution in [-0.2, 0) is 11.2 Å². The van der Waals surface area contributed by atoms with E-state index in [2.05, 4.69) is 35.1 Å². The number of hydrazine groups is 1. The van der Waals surface area contributed by atoms with Crippen LogP contribution >= 0.6 is 0 Å². The summed E-state index contributed by atoms with van der Waals surface area (Å²) in [5, 5.41) is 0. The molecule has 7 heteroatoms. The third-order valence-electron chi connectivity index (χ3n) is 7.99. The summed E-state index contributed by atoms with van der Waals surface area (Å²) in [6.45, 7) is 3.23. The van der Waals surface area contributed by atoms with Crippen molar-refractivity contribution < 1.29 is 14.0 Å². The molecule has 2 aromatic carbocycles. The fraction of sp³-hybridized carbons (Fsp3) is 0.400. The van der Waals surface area contributed by atoms with Gasteiger partial charge >= 0.3 is 0 Å². The number of amides is 2. The largest absolute Gasteiger partial charge is 0.469 e. The van der Waals surface area contributed by atoms with Gasteiger partial charge in [0, 0.05) is 32.2 Å². The van der Waals surface area contributed by atoms with Crippen molar-refractivity contribution in [3.63, 3.8) is 0 Å². The first-order valence-corrected chi connectivity index (χ1v) is 13.2. The molecule has 0 bridgehead atoms. The van der Waals surface area contributed by atoms with E-state index in [4.69, 9.17) is 4.42 Å². The molecule has 3 heterocycles. The number of likely N-dealkylation sites (tertiary alicyclic amines) is 1. The highest BCUT2D eigenvalue weighted by Crippen LogP contribution is 2.29. The van der Waals surface area contributed by atoms with Gasteiger partial charge in [0.05, 0.1) is 11.8 Å². The summed E-state index contributed by atoms with van der Waals surface area (Å²) in [6.07, 6.45) is 4.83. The number of hydrogen-bond acceptors (Lipinski definition) is 5. The lowest BCUT2D eigenvalue weighted by Crippen LogP contribution is -2.51. The summed E-state index contributed by atoms with van der Waals surface area (Å²) in [5.74, 6) is 1.08. The Balaban J connectivity index is 1.24. The predicted octanol–water partition coefficient (Wildman–Crippen LogP) is 4.12. The minimum Gasteiger partial charge on any atom is -0.469 e. The van der Waals surface area contributed by atoms with Crippen molar-refractivity contribution in [1.82, 2.24) is 20.7 Å². The van der Waals surface area contributed by atoms with Gasteiger partial charge < -0.3 is 14.2 Å². The first-order valence-electron chi connectivity index (χ1n) is 13.2. The first-order chi connectivity index (χ1) is 18.0. The van der Waals surface area contributed by atoms with Gasteiger partial charge in [-0.25, -0.2) is 10.9 Å². The lowest BCUT2D eigenvalue weighted by Gasteiger charge is -2.40. The molecule has 2 aliphatic heterocycles. The van der Waals surface area contributed by atoms with Gasteiger partial charge in [0.1, 0.15) is 11.8 Å². The topological polar surface area (TPSA) is 77.8 Å². The number of piperidine rings is 1. The number of carbonyl (C=O) groups excluding carboxylic acids is 2. The van der Waals surface area contributed by atoms with E-state index < -0.39 is 0 Å². The second kappa shape index (κ2) is 11.3. The number of benzene rings is 2. The molecule has 2 aliphatic rings. The number of hydrogen-bond donors (Lipinski definition) is 2. The number of carbonyl (C=O) groups is 2. The Morgan fingerprint density at radius 3 is 2.32 bits per heavy atom. The molecule has 194 valence electrons. The number of nitrogens with zero attached hydrogens (tertiary/aromatic N) is 2. The van der Waals surface area contributed by atoms with Crippen LogP contribution in [0, 0.1) is 12.8 Å². The second-order valence-electron chi connectivity index (χ2n) is 10.3. The quantitative estimate of drug-likeness (QED) is 0.510. The van der Waals surface area contributed by atoms with E-state index in [0.717, 1.165) is 25.7 Å². The Labute approximate surface area is 218 Å². The molecule has 2 fully saturated rings. The van der Waals surface area contributed by atoms with Gasteiger partial charge in [0.25, 0.3) is 5.91 Å². The van der Waals surface area contributed by atoms with Crippen molar-refractivity contribution in [2.45, 2.75) is 50.7 Å². The van der Waals surface area contributed by atoms with E-state index >= 15 is 0 Å². The molecular weight excluding hydrogens is 464 g/mol. The van der Waals surface area contributed by atoms with Crippen molar-refractivity contribution in [2.24, 2.45) is 5.92 Å². The number of furan rings is 1. The standard InChI is InChI=1S/C30H36N4O3/c1-21-25(15-18-37-21)29(35)33(2)28(19-22-9-5-3-6-10-22)24-13-16-34(17-14-24)30(36)27-20-26(31-32-27)23-11-7-4-8-12-23/h3-12,15,18,24,26-28,31-32H,13-14,16-17,19-20H2,1-2H3. The third-order valence-corrected chi connectivity index (χ3v) is 7.99.